The molecule has 1 aliphatic heterocycles. The number of nitrogens with one attached hydrogen (secondary N) is 1. The highest BCUT2D eigenvalue weighted by Gasteiger charge is 2.30. The Hall–Kier alpha value is -1.75. The van der Waals surface area contributed by atoms with Gasteiger partial charge in [0.1, 0.15) is 6.04 Å². The highest BCUT2D eigenvalue weighted by atomic mass is 32.2. The van der Waals surface area contributed by atoms with E-state index in [1.807, 2.05) is 44.2 Å². The lowest BCUT2D eigenvalue weighted by molar-refractivity contribution is -0.138. The SMILES string of the molecule is CCOC(=O)C1=C(C)NC(SCC(C)C)=N[C@H]1c1ccccc1. The molecular weight excluding hydrogens is 308 g/mol. The third-order valence-corrected chi connectivity index (χ3v) is 4.70. The van der Waals surface area contributed by atoms with Gasteiger partial charge in [0.2, 0.25) is 0 Å². The summed E-state index contributed by atoms with van der Waals surface area (Å²) in [7, 11) is 0. The molecule has 1 atom stereocenters. The maximum atomic E-state index is 12.4. The van der Waals surface area contributed by atoms with E-state index >= 15 is 0 Å². The molecule has 0 aliphatic carbocycles. The molecule has 5 heteroatoms. The van der Waals surface area contributed by atoms with Gasteiger partial charge < -0.3 is 10.1 Å². The van der Waals surface area contributed by atoms with Crippen LogP contribution in [0.25, 0.3) is 0 Å². The Bertz CT molecular complexity index is 609. The van der Waals surface area contributed by atoms with E-state index in [2.05, 4.69) is 19.2 Å². The molecule has 0 spiro atoms. The van der Waals surface area contributed by atoms with E-state index in [-0.39, 0.29) is 12.0 Å². The van der Waals surface area contributed by atoms with Crippen molar-refractivity contribution in [3.05, 3.63) is 47.2 Å². The smallest absolute Gasteiger partial charge is 0.338 e. The van der Waals surface area contributed by atoms with Crippen LogP contribution >= 0.6 is 11.8 Å². The van der Waals surface area contributed by atoms with E-state index in [0.29, 0.717) is 18.1 Å². The Morgan fingerprint density at radius 2 is 2.04 bits per heavy atom. The van der Waals surface area contributed by atoms with Crippen LogP contribution in [-0.4, -0.2) is 23.5 Å². The number of carbonyl (C=O) groups is 1. The zero-order chi connectivity index (χ0) is 16.8. The normalized spacial score (nSPS) is 17.8. The molecule has 1 aliphatic rings. The number of benzene rings is 1. The molecule has 23 heavy (non-hydrogen) atoms. The van der Waals surface area contributed by atoms with Crippen LogP contribution in [-0.2, 0) is 9.53 Å². The number of thioether (sulfide) groups is 1. The van der Waals surface area contributed by atoms with Crippen LogP contribution in [0.15, 0.2) is 46.6 Å². The van der Waals surface area contributed by atoms with Crippen molar-refractivity contribution in [2.75, 3.05) is 12.4 Å². The fourth-order valence-corrected chi connectivity index (χ4v) is 3.21. The molecule has 4 nitrogen and oxygen atoms in total. The predicted octanol–water partition coefficient (Wildman–Crippen LogP) is 3.91. The number of allylic oxidation sites excluding steroid dienone is 1. The van der Waals surface area contributed by atoms with Gasteiger partial charge in [-0.2, -0.15) is 0 Å². The molecule has 0 amide bonds. The van der Waals surface area contributed by atoms with Gasteiger partial charge in [0.15, 0.2) is 5.17 Å². The third-order valence-electron chi connectivity index (χ3n) is 3.38. The number of aliphatic imine (C=N–C) groups is 1. The van der Waals surface area contributed by atoms with Crippen LogP contribution in [0.1, 0.15) is 39.3 Å². The Morgan fingerprint density at radius 3 is 2.65 bits per heavy atom. The average molecular weight is 332 g/mol. The van der Waals surface area contributed by atoms with Gasteiger partial charge in [0.05, 0.1) is 12.2 Å². The molecule has 0 unspecified atom stereocenters. The summed E-state index contributed by atoms with van der Waals surface area (Å²) < 4.78 is 5.22. The van der Waals surface area contributed by atoms with Crippen LogP contribution in [0.3, 0.4) is 0 Å². The highest BCUT2D eigenvalue weighted by Crippen LogP contribution is 2.33. The Kier molecular flexibility index (Phi) is 6.28. The van der Waals surface area contributed by atoms with E-state index in [4.69, 9.17) is 9.73 Å². The zero-order valence-electron chi connectivity index (χ0n) is 14.1. The first-order valence-corrected chi connectivity index (χ1v) is 8.92. The molecule has 1 aromatic carbocycles. The van der Waals surface area contributed by atoms with Gasteiger partial charge in [-0.3, -0.25) is 0 Å². The molecule has 1 aromatic rings. The molecule has 1 heterocycles. The summed E-state index contributed by atoms with van der Waals surface area (Å²) >= 11 is 1.69. The number of ether oxygens (including phenoxy) is 1. The number of nitrogens with zero attached hydrogens (tertiary/aromatic N) is 1. The quantitative estimate of drug-likeness (QED) is 0.831. The van der Waals surface area contributed by atoms with Crippen molar-refractivity contribution >= 4 is 22.9 Å². The predicted molar refractivity (Wildman–Crippen MR) is 96.4 cm³/mol. The average Bonchev–Trinajstić information content (AvgIpc) is 2.53. The maximum Gasteiger partial charge on any atom is 0.338 e. The van der Waals surface area contributed by atoms with Gasteiger partial charge in [-0.15, -0.1) is 0 Å². The maximum absolute atomic E-state index is 12.4. The van der Waals surface area contributed by atoms with Crippen molar-refractivity contribution in [1.29, 1.82) is 0 Å². The Morgan fingerprint density at radius 1 is 1.35 bits per heavy atom. The summed E-state index contributed by atoms with van der Waals surface area (Å²) in [5, 5.41) is 4.11. The Balaban J connectivity index is 2.34. The van der Waals surface area contributed by atoms with Gasteiger partial charge in [-0.1, -0.05) is 55.9 Å². The summed E-state index contributed by atoms with van der Waals surface area (Å²) in [5.41, 5.74) is 2.41. The monoisotopic (exact) mass is 332 g/mol. The second-order valence-corrected chi connectivity index (χ2v) is 6.85. The highest BCUT2D eigenvalue weighted by molar-refractivity contribution is 8.13. The number of amidine groups is 1. The van der Waals surface area contributed by atoms with Crippen molar-refractivity contribution in [3.8, 4) is 0 Å². The van der Waals surface area contributed by atoms with Crippen molar-refractivity contribution in [3.63, 3.8) is 0 Å². The standard InChI is InChI=1S/C18H24N2O2S/c1-5-22-17(21)15-13(4)19-18(23-11-12(2)3)20-16(15)14-9-7-6-8-10-14/h6-10,12,16H,5,11H2,1-4H3,(H,19,20)/t16-/m0/s1. The van der Waals surface area contributed by atoms with Crippen molar-refractivity contribution < 1.29 is 9.53 Å². The first kappa shape index (κ1) is 17.6. The second-order valence-electron chi connectivity index (χ2n) is 5.84. The molecule has 0 radical (unpaired) electrons. The second kappa shape index (κ2) is 8.20. The fourth-order valence-electron chi connectivity index (χ4n) is 2.32. The van der Waals surface area contributed by atoms with E-state index < -0.39 is 0 Å². The summed E-state index contributed by atoms with van der Waals surface area (Å²) in [6.07, 6.45) is 0. The van der Waals surface area contributed by atoms with E-state index in [1.165, 1.54) is 0 Å². The lowest BCUT2D eigenvalue weighted by Crippen LogP contribution is -2.31. The topological polar surface area (TPSA) is 50.7 Å². The van der Waals surface area contributed by atoms with Crippen LogP contribution < -0.4 is 5.32 Å². The fraction of sp³-hybridized carbons (Fsp3) is 0.444. The van der Waals surface area contributed by atoms with Crippen molar-refractivity contribution in [2.45, 2.75) is 33.7 Å². The van der Waals surface area contributed by atoms with Gasteiger partial charge >= 0.3 is 5.97 Å². The lowest BCUT2D eigenvalue weighted by Gasteiger charge is -2.26. The minimum atomic E-state index is -0.314. The van der Waals surface area contributed by atoms with Crippen LogP contribution in [0.4, 0.5) is 0 Å². The summed E-state index contributed by atoms with van der Waals surface area (Å²) in [6.45, 7) is 8.44. The third kappa shape index (κ3) is 4.61. The van der Waals surface area contributed by atoms with Crippen LogP contribution in [0.2, 0.25) is 0 Å². The number of rotatable bonds is 5. The Labute approximate surface area is 142 Å². The first-order valence-electron chi connectivity index (χ1n) is 7.93. The van der Waals surface area contributed by atoms with Crippen LogP contribution in [0.5, 0.6) is 0 Å². The van der Waals surface area contributed by atoms with Crippen molar-refractivity contribution in [1.82, 2.24) is 5.32 Å². The molecule has 2 rings (SSSR count). The summed E-state index contributed by atoms with van der Waals surface area (Å²) in [6, 6.07) is 9.57. The summed E-state index contributed by atoms with van der Waals surface area (Å²) in [4.78, 5) is 17.1. The number of esters is 1. The van der Waals surface area contributed by atoms with Gasteiger partial charge in [-0.05, 0) is 25.3 Å². The number of carbonyl (C=O) groups excluding carboxylic acids is 1. The summed E-state index contributed by atoms with van der Waals surface area (Å²) in [5.74, 6) is 1.26. The molecule has 124 valence electrons. The van der Waals surface area contributed by atoms with E-state index in [0.717, 1.165) is 22.2 Å². The van der Waals surface area contributed by atoms with E-state index in [1.54, 1.807) is 11.8 Å². The largest absolute Gasteiger partial charge is 0.463 e. The molecular formula is C18H24N2O2S. The van der Waals surface area contributed by atoms with Crippen LogP contribution in [0, 0.1) is 5.92 Å². The first-order chi connectivity index (χ1) is 11.0. The van der Waals surface area contributed by atoms with E-state index in [9.17, 15) is 4.79 Å². The van der Waals surface area contributed by atoms with Gasteiger partial charge in [0, 0.05) is 11.4 Å². The zero-order valence-corrected chi connectivity index (χ0v) is 14.9. The molecule has 1 N–H and O–H groups in total. The van der Waals surface area contributed by atoms with Gasteiger partial charge in [-0.25, -0.2) is 9.79 Å². The van der Waals surface area contributed by atoms with Crippen molar-refractivity contribution in [2.24, 2.45) is 10.9 Å². The lowest BCUT2D eigenvalue weighted by atomic mass is 9.97. The molecule has 0 fully saturated rings. The number of hydrogen-bond donors (Lipinski definition) is 1. The minimum Gasteiger partial charge on any atom is -0.463 e. The molecule has 0 saturated carbocycles. The minimum absolute atomic E-state index is 0.303. The number of hydrogen-bond acceptors (Lipinski definition) is 5. The molecule has 0 bridgehead atoms. The molecule has 0 aromatic heterocycles. The molecule has 0 saturated heterocycles. The van der Waals surface area contributed by atoms with Gasteiger partial charge in [0.25, 0.3) is 0 Å².